The Morgan fingerprint density at radius 2 is 2.05 bits per heavy atom. The molecular weight excluding hydrogens is 292 g/mol. The van der Waals surface area contributed by atoms with Crippen molar-refractivity contribution in [1.82, 2.24) is 14.9 Å². The maximum Gasteiger partial charge on any atom is 0.241 e. The fourth-order valence-electron chi connectivity index (χ4n) is 1.87. The van der Waals surface area contributed by atoms with Crippen LogP contribution < -0.4 is 10.5 Å². The normalized spacial score (nSPS) is 11.8. The van der Waals surface area contributed by atoms with E-state index in [2.05, 4.69) is 14.9 Å². The molecular formula is C13H12N4O3S. The molecule has 1 aromatic carbocycles. The summed E-state index contributed by atoms with van der Waals surface area (Å²) in [5.41, 5.74) is 6.23. The number of pyridine rings is 1. The number of fused-ring (bicyclic) bond motifs is 1. The largest absolute Gasteiger partial charge is 0.384 e. The number of rotatable bonds is 4. The third kappa shape index (κ3) is 2.86. The molecule has 0 fully saturated rings. The standard InChI is InChI=1S/C13H12N4O3S/c14-13-4-1-9-7-11(2-3-12(9)17-13)21(18,19)16-8-10-5-6-15-20-10/h1-7,16H,8H2,(H2,14,17). The van der Waals surface area contributed by atoms with Crippen LogP contribution in [-0.4, -0.2) is 18.6 Å². The van der Waals surface area contributed by atoms with E-state index in [0.717, 1.165) is 0 Å². The minimum atomic E-state index is -3.63. The second-order valence-electron chi connectivity index (χ2n) is 4.39. The highest BCUT2D eigenvalue weighted by Crippen LogP contribution is 2.19. The van der Waals surface area contributed by atoms with Gasteiger partial charge < -0.3 is 10.3 Å². The van der Waals surface area contributed by atoms with Crippen LogP contribution in [0.2, 0.25) is 0 Å². The molecule has 3 rings (SSSR count). The summed E-state index contributed by atoms with van der Waals surface area (Å²) in [4.78, 5) is 4.28. The van der Waals surface area contributed by atoms with Gasteiger partial charge in [-0.2, -0.15) is 0 Å². The smallest absolute Gasteiger partial charge is 0.241 e. The van der Waals surface area contributed by atoms with E-state index in [1.165, 1.54) is 12.3 Å². The van der Waals surface area contributed by atoms with E-state index in [4.69, 9.17) is 10.3 Å². The van der Waals surface area contributed by atoms with Crippen LogP contribution in [0.4, 0.5) is 5.82 Å². The number of nitrogens with one attached hydrogen (secondary N) is 1. The Morgan fingerprint density at radius 1 is 1.19 bits per heavy atom. The lowest BCUT2D eigenvalue weighted by Gasteiger charge is -2.06. The maximum absolute atomic E-state index is 12.2. The van der Waals surface area contributed by atoms with Gasteiger partial charge >= 0.3 is 0 Å². The average Bonchev–Trinajstić information content (AvgIpc) is 2.98. The van der Waals surface area contributed by atoms with E-state index in [1.54, 1.807) is 30.3 Å². The molecule has 0 spiro atoms. The van der Waals surface area contributed by atoms with Crippen molar-refractivity contribution in [1.29, 1.82) is 0 Å². The average molecular weight is 304 g/mol. The Bertz CT molecular complexity index is 876. The summed E-state index contributed by atoms with van der Waals surface area (Å²) >= 11 is 0. The second-order valence-corrected chi connectivity index (χ2v) is 6.16. The molecule has 0 amide bonds. The number of hydrogen-bond acceptors (Lipinski definition) is 6. The zero-order valence-corrected chi connectivity index (χ0v) is 11.7. The Balaban J connectivity index is 1.89. The fourth-order valence-corrected chi connectivity index (χ4v) is 2.90. The summed E-state index contributed by atoms with van der Waals surface area (Å²) < 4.78 is 31.7. The van der Waals surface area contributed by atoms with Crippen LogP contribution in [0.1, 0.15) is 5.76 Å². The zero-order valence-electron chi connectivity index (χ0n) is 10.9. The first-order chi connectivity index (χ1) is 10.0. The third-order valence-electron chi connectivity index (χ3n) is 2.92. The molecule has 21 heavy (non-hydrogen) atoms. The molecule has 2 heterocycles. The van der Waals surface area contributed by atoms with E-state index in [-0.39, 0.29) is 11.4 Å². The van der Waals surface area contributed by atoms with Crippen LogP contribution in [0, 0.1) is 0 Å². The van der Waals surface area contributed by atoms with Gasteiger partial charge in [0.05, 0.1) is 23.2 Å². The Hall–Kier alpha value is -2.45. The first-order valence-corrected chi connectivity index (χ1v) is 7.58. The first-order valence-electron chi connectivity index (χ1n) is 6.10. The van der Waals surface area contributed by atoms with Crippen LogP contribution in [0.25, 0.3) is 10.9 Å². The van der Waals surface area contributed by atoms with Crippen molar-refractivity contribution in [2.75, 3.05) is 5.73 Å². The van der Waals surface area contributed by atoms with E-state index < -0.39 is 10.0 Å². The molecule has 3 aromatic rings. The summed E-state index contributed by atoms with van der Waals surface area (Å²) in [5.74, 6) is 0.829. The van der Waals surface area contributed by atoms with Crippen molar-refractivity contribution < 1.29 is 12.9 Å². The monoisotopic (exact) mass is 304 g/mol. The number of anilines is 1. The number of sulfonamides is 1. The molecule has 3 N–H and O–H groups in total. The van der Waals surface area contributed by atoms with Crippen LogP contribution in [-0.2, 0) is 16.6 Å². The van der Waals surface area contributed by atoms with Crippen LogP contribution in [0.3, 0.4) is 0 Å². The SMILES string of the molecule is Nc1ccc2cc(S(=O)(=O)NCc3ccno3)ccc2n1. The molecule has 7 nitrogen and oxygen atoms in total. The highest BCUT2D eigenvalue weighted by atomic mass is 32.2. The number of benzene rings is 1. The van der Waals surface area contributed by atoms with Crippen molar-refractivity contribution in [2.24, 2.45) is 0 Å². The molecule has 0 unspecified atom stereocenters. The van der Waals surface area contributed by atoms with Gasteiger partial charge in [0.15, 0.2) is 5.76 Å². The molecule has 0 atom stereocenters. The Morgan fingerprint density at radius 3 is 2.81 bits per heavy atom. The van der Waals surface area contributed by atoms with E-state index in [1.807, 2.05) is 0 Å². The molecule has 108 valence electrons. The van der Waals surface area contributed by atoms with Gasteiger partial charge in [0.25, 0.3) is 0 Å². The lowest BCUT2D eigenvalue weighted by atomic mass is 10.2. The number of nitrogens with two attached hydrogens (primary N) is 1. The van der Waals surface area contributed by atoms with E-state index in [0.29, 0.717) is 22.5 Å². The quantitative estimate of drug-likeness (QED) is 0.751. The molecule has 0 aliphatic heterocycles. The van der Waals surface area contributed by atoms with Crippen LogP contribution in [0.15, 0.2) is 52.0 Å². The van der Waals surface area contributed by atoms with Crippen molar-refractivity contribution >= 4 is 26.7 Å². The molecule has 0 bridgehead atoms. The predicted molar refractivity (Wildman–Crippen MR) is 76.7 cm³/mol. The fraction of sp³-hybridized carbons (Fsp3) is 0.0769. The molecule has 0 saturated heterocycles. The summed E-state index contributed by atoms with van der Waals surface area (Å²) in [6, 6.07) is 9.60. The summed E-state index contributed by atoms with van der Waals surface area (Å²) in [7, 11) is -3.63. The maximum atomic E-state index is 12.2. The summed E-state index contributed by atoms with van der Waals surface area (Å²) in [6.07, 6.45) is 1.45. The van der Waals surface area contributed by atoms with Crippen molar-refractivity contribution in [3.63, 3.8) is 0 Å². The van der Waals surface area contributed by atoms with Crippen LogP contribution in [0.5, 0.6) is 0 Å². The minimum absolute atomic E-state index is 0.0420. The first kappa shape index (κ1) is 13.5. The van der Waals surface area contributed by atoms with Gasteiger partial charge in [-0.3, -0.25) is 0 Å². The van der Waals surface area contributed by atoms with Gasteiger partial charge in [-0.1, -0.05) is 5.16 Å². The summed E-state index contributed by atoms with van der Waals surface area (Å²) in [6.45, 7) is 0.0420. The number of hydrogen-bond donors (Lipinski definition) is 2. The van der Waals surface area contributed by atoms with Gasteiger partial charge in [-0.05, 0) is 30.3 Å². The Labute approximate surface area is 120 Å². The zero-order chi connectivity index (χ0) is 14.9. The second kappa shape index (κ2) is 5.15. The predicted octanol–water partition coefficient (Wildman–Crippen LogP) is 1.28. The van der Waals surface area contributed by atoms with Gasteiger partial charge in [-0.15, -0.1) is 0 Å². The van der Waals surface area contributed by atoms with Gasteiger partial charge in [0, 0.05) is 11.5 Å². The van der Waals surface area contributed by atoms with Gasteiger partial charge in [-0.25, -0.2) is 18.1 Å². The number of nitrogen functional groups attached to an aromatic ring is 1. The highest BCUT2D eigenvalue weighted by molar-refractivity contribution is 7.89. The molecule has 0 aliphatic rings. The molecule has 0 radical (unpaired) electrons. The van der Waals surface area contributed by atoms with Crippen LogP contribution >= 0.6 is 0 Å². The molecule has 2 aromatic heterocycles. The molecule has 0 aliphatic carbocycles. The lowest BCUT2D eigenvalue weighted by Crippen LogP contribution is -2.23. The summed E-state index contributed by atoms with van der Waals surface area (Å²) in [5, 5.41) is 4.22. The van der Waals surface area contributed by atoms with Gasteiger partial charge in [0.1, 0.15) is 5.82 Å². The third-order valence-corrected chi connectivity index (χ3v) is 4.32. The molecule has 0 saturated carbocycles. The topological polar surface area (TPSA) is 111 Å². The van der Waals surface area contributed by atoms with E-state index >= 15 is 0 Å². The highest BCUT2D eigenvalue weighted by Gasteiger charge is 2.15. The van der Waals surface area contributed by atoms with E-state index in [9.17, 15) is 8.42 Å². The van der Waals surface area contributed by atoms with Crippen molar-refractivity contribution in [2.45, 2.75) is 11.4 Å². The van der Waals surface area contributed by atoms with Crippen molar-refractivity contribution in [3.8, 4) is 0 Å². The molecule has 8 heteroatoms. The lowest BCUT2D eigenvalue weighted by molar-refractivity contribution is 0.380. The minimum Gasteiger partial charge on any atom is -0.384 e. The van der Waals surface area contributed by atoms with Crippen molar-refractivity contribution in [3.05, 3.63) is 48.4 Å². The number of nitrogens with zero attached hydrogens (tertiary/aromatic N) is 2. The van der Waals surface area contributed by atoms with Gasteiger partial charge in [0.2, 0.25) is 10.0 Å². The Kier molecular flexibility index (Phi) is 3.32. The number of aromatic nitrogens is 2.